The molecule has 0 amide bonds. The molecule has 3 atom stereocenters. The summed E-state index contributed by atoms with van der Waals surface area (Å²) in [5.41, 5.74) is 2.82. The van der Waals surface area contributed by atoms with Crippen LogP contribution in [0.15, 0.2) is 23.3 Å². The van der Waals surface area contributed by atoms with E-state index in [1.54, 1.807) is 0 Å². The molecule has 0 aromatic carbocycles. The minimum atomic E-state index is -0.713. The van der Waals surface area contributed by atoms with Gasteiger partial charge in [-0.2, -0.15) is 0 Å². The summed E-state index contributed by atoms with van der Waals surface area (Å²) in [6.45, 7) is 4.40. The van der Waals surface area contributed by atoms with Crippen LogP contribution in [0.5, 0.6) is 0 Å². The molecule has 0 heterocycles. The molecule has 1 aliphatic carbocycles. The molecule has 0 saturated carbocycles. The fourth-order valence-corrected chi connectivity index (χ4v) is 4.66. The highest BCUT2D eigenvalue weighted by Gasteiger charge is 2.30. The van der Waals surface area contributed by atoms with Gasteiger partial charge in [0.2, 0.25) is 0 Å². The lowest BCUT2D eigenvalue weighted by Gasteiger charge is -2.16. The van der Waals surface area contributed by atoms with Crippen molar-refractivity contribution < 1.29 is 20.1 Å². The van der Waals surface area contributed by atoms with Crippen molar-refractivity contribution in [1.29, 1.82) is 0 Å². The fraction of sp³-hybridized carbons (Fsp3) is 0.815. The van der Waals surface area contributed by atoms with Crippen molar-refractivity contribution >= 4 is 5.97 Å². The highest BCUT2D eigenvalue weighted by molar-refractivity contribution is 5.66. The normalized spacial score (nSPS) is 20.1. The van der Waals surface area contributed by atoms with Gasteiger partial charge in [0, 0.05) is 12.3 Å². The van der Waals surface area contributed by atoms with Crippen molar-refractivity contribution in [3.8, 4) is 0 Å². The van der Waals surface area contributed by atoms with Gasteiger partial charge in [-0.25, -0.2) is 0 Å². The summed E-state index contributed by atoms with van der Waals surface area (Å²) in [5.74, 6) is -0.680. The molecule has 0 radical (unpaired) electrons. The lowest BCUT2D eigenvalue weighted by molar-refractivity contribution is -0.137. The molecule has 0 spiro atoms. The molecule has 0 aromatic rings. The Morgan fingerprint density at radius 2 is 1.55 bits per heavy atom. The van der Waals surface area contributed by atoms with Crippen molar-refractivity contribution in [2.75, 3.05) is 0 Å². The third-order valence-corrected chi connectivity index (χ3v) is 6.54. The topological polar surface area (TPSA) is 77.8 Å². The van der Waals surface area contributed by atoms with Gasteiger partial charge < -0.3 is 15.3 Å². The van der Waals surface area contributed by atoms with Crippen molar-refractivity contribution in [2.24, 2.45) is 5.92 Å². The van der Waals surface area contributed by atoms with Gasteiger partial charge in [-0.3, -0.25) is 4.79 Å². The standard InChI is InChI=1S/C27H48O4/c1-3-5-7-8-12-15-22-21-26(29)25(20-19-23(28)16-11-6-4-2)24(22)17-13-9-10-14-18-27(30)31/h19-20,23,25-26,28-29H,3-18,21H2,1-2H3,(H,30,31)/t23-,25+,26+/m0/s1. The Morgan fingerprint density at radius 3 is 2.23 bits per heavy atom. The molecule has 3 N–H and O–H groups in total. The maximum absolute atomic E-state index is 10.8. The number of unbranched alkanes of at least 4 members (excludes halogenated alkanes) is 9. The SMILES string of the molecule is CCCCCCCC1=C(CCCCCCC(=O)O)[C@@H](C=C[C@@H](O)CCCCC)[C@H](O)C1. The Morgan fingerprint density at radius 1 is 0.935 bits per heavy atom. The van der Waals surface area contributed by atoms with E-state index in [4.69, 9.17) is 5.11 Å². The average Bonchev–Trinajstić information content (AvgIpc) is 3.03. The van der Waals surface area contributed by atoms with E-state index in [1.807, 2.05) is 6.08 Å². The van der Waals surface area contributed by atoms with E-state index in [2.05, 4.69) is 19.9 Å². The first-order valence-electron chi connectivity index (χ1n) is 13.0. The molecule has 1 aliphatic rings. The van der Waals surface area contributed by atoms with Crippen LogP contribution >= 0.6 is 0 Å². The molecule has 4 heteroatoms. The van der Waals surface area contributed by atoms with Gasteiger partial charge in [-0.05, 0) is 44.9 Å². The largest absolute Gasteiger partial charge is 0.481 e. The summed E-state index contributed by atoms with van der Waals surface area (Å²) in [7, 11) is 0. The summed E-state index contributed by atoms with van der Waals surface area (Å²) in [5, 5.41) is 29.8. The Balaban J connectivity index is 2.66. The second kappa shape index (κ2) is 17.4. The summed E-state index contributed by atoms with van der Waals surface area (Å²) < 4.78 is 0. The minimum absolute atomic E-state index is 0.0329. The van der Waals surface area contributed by atoms with Crippen LogP contribution in [0.2, 0.25) is 0 Å². The van der Waals surface area contributed by atoms with Crippen molar-refractivity contribution in [1.82, 2.24) is 0 Å². The Bertz CT molecular complexity index is 537. The molecule has 31 heavy (non-hydrogen) atoms. The zero-order valence-electron chi connectivity index (χ0n) is 20.2. The van der Waals surface area contributed by atoms with Gasteiger partial charge in [-0.15, -0.1) is 0 Å². The number of aliphatic carboxylic acids is 1. The van der Waals surface area contributed by atoms with Gasteiger partial charge in [0.15, 0.2) is 0 Å². The minimum Gasteiger partial charge on any atom is -0.481 e. The fourth-order valence-electron chi connectivity index (χ4n) is 4.66. The van der Waals surface area contributed by atoms with E-state index in [1.165, 1.54) is 43.3 Å². The van der Waals surface area contributed by atoms with Crippen LogP contribution in [0.1, 0.15) is 123 Å². The van der Waals surface area contributed by atoms with Crippen LogP contribution in [0.3, 0.4) is 0 Å². The van der Waals surface area contributed by atoms with E-state index < -0.39 is 12.1 Å². The molecule has 0 aliphatic heterocycles. The molecule has 0 saturated heterocycles. The number of hydrogen-bond acceptors (Lipinski definition) is 3. The van der Waals surface area contributed by atoms with Gasteiger partial charge in [0.05, 0.1) is 12.2 Å². The van der Waals surface area contributed by atoms with Crippen LogP contribution in [-0.2, 0) is 4.79 Å². The van der Waals surface area contributed by atoms with Gasteiger partial charge >= 0.3 is 5.97 Å². The van der Waals surface area contributed by atoms with Crippen LogP contribution in [0.25, 0.3) is 0 Å². The monoisotopic (exact) mass is 436 g/mol. The Kier molecular flexibility index (Phi) is 15.7. The number of carboxylic acids is 1. The number of aliphatic hydroxyl groups excluding tert-OH is 2. The molecule has 0 fully saturated rings. The maximum atomic E-state index is 10.8. The highest BCUT2D eigenvalue weighted by atomic mass is 16.4. The van der Waals surface area contributed by atoms with Gasteiger partial charge in [-0.1, -0.05) is 94.9 Å². The second-order valence-corrected chi connectivity index (χ2v) is 9.35. The van der Waals surface area contributed by atoms with Gasteiger partial charge in [0.1, 0.15) is 0 Å². The van der Waals surface area contributed by atoms with Crippen LogP contribution in [0, 0.1) is 5.92 Å². The highest BCUT2D eigenvalue weighted by Crippen LogP contribution is 2.39. The lowest BCUT2D eigenvalue weighted by atomic mass is 9.91. The van der Waals surface area contributed by atoms with Crippen LogP contribution < -0.4 is 0 Å². The second-order valence-electron chi connectivity index (χ2n) is 9.35. The summed E-state index contributed by atoms with van der Waals surface area (Å²) in [6, 6.07) is 0. The molecule has 0 unspecified atom stereocenters. The Labute approximate surface area is 190 Å². The summed E-state index contributed by atoms with van der Waals surface area (Å²) >= 11 is 0. The molecule has 4 nitrogen and oxygen atoms in total. The van der Waals surface area contributed by atoms with Crippen LogP contribution in [0.4, 0.5) is 0 Å². The van der Waals surface area contributed by atoms with Crippen LogP contribution in [-0.4, -0.2) is 33.5 Å². The summed E-state index contributed by atoms with van der Waals surface area (Å²) in [4.78, 5) is 10.7. The Hall–Kier alpha value is -1.13. The molecular formula is C27H48O4. The predicted molar refractivity (Wildman–Crippen MR) is 129 cm³/mol. The molecule has 0 bridgehead atoms. The smallest absolute Gasteiger partial charge is 0.303 e. The third-order valence-electron chi connectivity index (χ3n) is 6.54. The van der Waals surface area contributed by atoms with E-state index in [-0.39, 0.29) is 18.4 Å². The first kappa shape index (κ1) is 27.9. The first-order valence-corrected chi connectivity index (χ1v) is 13.0. The van der Waals surface area contributed by atoms with Crippen molar-refractivity contribution in [3.05, 3.63) is 23.3 Å². The van der Waals surface area contributed by atoms with Crippen molar-refractivity contribution in [3.63, 3.8) is 0 Å². The zero-order chi connectivity index (χ0) is 22.9. The number of carboxylic acid groups (broad SMARTS) is 1. The van der Waals surface area contributed by atoms with E-state index in [0.29, 0.717) is 0 Å². The molecular weight excluding hydrogens is 388 g/mol. The average molecular weight is 437 g/mol. The van der Waals surface area contributed by atoms with E-state index >= 15 is 0 Å². The van der Waals surface area contributed by atoms with E-state index in [0.717, 1.165) is 70.6 Å². The third kappa shape index (κ3) is 12.5. The number of rotatable bonds is 19. The number of aliphatic hydroxyl groups is 2. The quantitative estimate of drug-likeness (QED) is 0.151. The number of carbonyl (C=O) groups is 1. The van der Waals surface area contributed by atoms with E-state index in [9.17, 15) is 15.0 Å². The summed E-state index contributed by atoms with van der Waals surface area (Å²) in [6.07, 6.45) is 20.5. The maximum Gasteiger partial charge on any atom is 0.303 e. The predicted octanol–water partition coefficient (Wildman–Crippen LogP) is 6.95. The number of hydrogen-bond donors (Lipinski definition) is 3. The van der Waals surface area contributed by atoms with Crippen molar-refractivity contribution in [2.45, 2.75) is 135 Å². The van der Waals surface area contributed by atoms with Gasteiger partial charge in [0.25, 0.3) is 0 Å². The molecule has 0 aromatic heterocycles. The zero-order valence-corrected chi connectivity index (χ0v) is 20.2. The lowest BCUT2D eigenvalue weighted by Crippen LogP contribution is -2.15. The first-order chi connectivity index (χ1) is 15.0. The molecule has 1 rings (SSSR count). The molecule has 180 valence electrons.